The highest BCUT2D eigenvalue weighted by atomic mass is 15.0. The van der Waals surface area contributed by atoms with Crippen LogP contribution in [-0.2, 0) is 0 Å². The molecule has 0 radical (unpaired) electrons. The van der Waals surface area contributed by atoms with Crippen LogP contribution >= 0.6 is 0 Å². The van der Waals surface area contributed by atoms with Gasteiger partial charge in [-0.15, -0.1) is 0 Å². The van der Waals surface area contributed by atoms with Gasteiger partial charge in [0, 0.05) is 41.6 Å². The third kappa shape index (κ3) is 6.63. The zero-order valence-corrected chi connectivity index (χ0v) is 19.7. The Hall–Kier alpha value is -0.740. The van der Waals surface area contributed by atoms with E-state index < -0.39 is 0 Å². The molecule has 0 atom stereocenters. The topological polar surface area (TPSA) is 48.8 Å². The summed E-state index contributed by atoms with van der Waals surface area (Å²) in [4.78, 5) is 10.3. The lowest BCUT2D eigenvalue weighted by molar-refractivity contribution is 0.259. The van der Waals surface area contributed by atoms with Crippen molar-refractivity contribution in [3.63, 3.8) is 0 Å². The first kappa shape index (κ1) is 22.5. The van der Waals surface area contributed by atoms with Gasteiger partial charge in [0.2, 0.25) is 0 Å². The van der Waals surface area contributed by atoms with Gasteiger partial charge in [-0.25, -0.2) is 0 Å². The number of hydrogen-bond acceptors (Lipinski definition) is 4. The first-order chi connectivity index (χ1) is 14.7. The van der Waals surface area contributed by atoms with Gasteiger partial charge in [0.1, 0.15) is 0 Å². The highest BCUT2D eigenvalue weighted by Gasteiger charge is 2.26. The van der Waals surface area contributed by atoms with E-state index >= 15 is 0 Å². The Kier molecular flexibility index (Phi) is 8.40. The molecule has 0 saturated heterocycles. The van der Waals surface area contributed by atoms with Crippen LogP contribution in [0.3, 0.4) is 0 Å². The van der Waals surface area contributed by atoms with Gasteiger partial charge in [-0.3, -0.25) is 9.98 Å². The zero-order chi connectivity index (χ0) is 20.8. The van der Waals surface area contributed by atoms with Gasteiger partial charge < -0.3 is 10.6 Å². The van der Waals surface area contributed by atoms with Crippen LogP contribution in [0.15, 0.2) is 9.98 Å². The van der Waals surface area contributed by atoms with E-state index in [1.54, 1.807) is 0 Å². The first-order valence-electron chi connectivity index (χ1n) is 13.2. The summed E-state index contributed by atoms with van der Waals surface area (Å²) in [5.74, 6) is 0.921. The molecule has 0 heterocycles. The molecule has 2 N–H and O–H groups in total. The van der Waals surface area contributed by atoms with E-state index in [1.165, 1.54) is 114 Å². The molecular weight excluding hydrogens is 368 g/mol. The second-order valence-corrected chi connectivity index (χ2v) is 10.8. The Bertz CT molecular complexity index is 562. The Labute approximate surface area is 185 Å². The molecule has 30 heavy (non-hydrogen) atoms. The van der Waals surface area contributed by atoms with Crippen molar-refractivity contribution in [1.29, 1.82) is 0 Å². The Balaban J connectivity index is 1.15. The van der Waals surface area contributed by atoms with Crippen LogP contribution in [0.25, 0.3) is 0 Å². The molecule has 170 valence electrons. The molecule has 4 aliphatic rings. The van der Waals surface area contributed by atoms with E-state index in [2.05, 4.69) is 24.6 Å². The van der Waals surface area contributed by atoms with Gasteiger partial charge in [-0.2, -0.15) is 0 Å². The molecule has 0 aromatic rings. The van der Waals surface area contributed by atoms with Gasteiger partial charge in [0.25, 0.3) is 0 Å². The molecule has 0 aromatic carbocycles. The van der Waals surface area contributed by atoms with Gasteiger partial charge in [0.05, 0.1) is 0 Å². The van der Waals surface area contributed by atoms with Crippen LogP contribution < -0.4 is 10.6 Å². The van der Waals surface area contributed by atoms with Crippen LogP contribution in [0.4, 0.5) is 0 Å². The first-order valence-corrected chi connectivity index (χ1v) is 13.2. The second-order valence-electron chi connectivity index (χ2n) is 10.8. The zero-order valence-electron chi connectivity index (χ0n) is 19.7. The lowest BCUT2D eigenvalue weighted by Gasteiger charge is -2.35. The van der Waals surface area contributed by atoms with Gasteiger partial charge in [0.15, 0.2) is 0 Å². The van der Waals surface area contributed by atoms with E-state index in [0.29, 0.717) is 12.1 Å². The summed E-state index contributed by atoms with van der Waals surface area (Å²) in [6, 6.07) is 3.47. The molecule has 0 aromatic heterocycles. The molecule has 4 aliphatic carbocycles. The van der Waals surface area contributed by atoms with Crippen molar-refractivity contribution in [2.24, 2.45) is 15.9 Å². The average Bonchev–Trinajstić information content (AvgIpc) is 2.78. The van der Waals surface area contributed by atoms with Crippen molar-refractivity contribution < 1.29 is 0 Å². The summed E-state index contributed by atoms with van der Waals surface area (Å²) in [5, 5.41) is 7.43. The fourth-order valence-corrected chi connectivity index (χ4v) is 6.23. The molecule has 4 nitrogen and oxygen atoms in total. The summed E-state index contributed by atoms with van der Waals surface area (Å²) in [7, 11) is 2.11. The van der Waals surface area contributed by atoms with Crippen LogP contribution in [0.5, 0.6) is 0 Å². The fourth-order valence-electron chi connectivity index (χ4n) is 6.23. The summed E-state index contributed by atoms with van der Waals surface area (Å²) in [5.41, 5.74) is 2.99. The van der Waals surface area contributed by atoms with Crippen molar-refractivity contribution >= 4 is 11.4 Å². The second kappa shape index (κ2) is 11.2. The number of aliphatic imine (C=N–C) groups is 2. The molecule has 0 unspecified atom stereocenters. The third-order valence-corrected chi connectivity index (χ3v) is 8.42. The van der Waals surface area contributed by atoms with Gasteiger partial charge in [-0.1, -0.05) is 6.92 Å². The molecule has 4 fully saturated rings. The van der Waals surface area contributed by atoms with Crippen LogP contribution in [0.1, 0.15) is 110 Å². The molecule has 0 spiro atoms. The molecule has 4 saturated carbocycles. The van der Waals surface area contributed by atoms with Gasteiger partial charge >= 0.3 is 0 Å². The quantitative estimate of drug-likeness (QED) is 0.628. The maximum atomic E-state index is 5.21. The Morgan fingerprint density at radius 3 is 1.43 bits per heavy atom. The van der Waals surface area contributed by atoms with E-state index in [9.17, 15) is 0 Å². The van der Waals surface area contributed by atoms with Gasteiger partial charge in [-0.05, 0) is 116 Å². The largest absolute Gasteiger partial charge is 0.317 e. The maximum Gasteiger partial charge on any atom is 0.0500 e. The minimum Gasteiger partial charge on any atom is -0.317 e. The number of nitrogens with zero attached hydrogens (tertiary/aromatic N) is 2. The highest BCUT2D eigenvalue weighted by molar-refractivity contribution is 5.98. The molecular formula is C26H46N4. The SMILES string of the molecule is CNC1CCC(NC2CCC(N=C3CCC(=NC4CCC(C)CC4)CC3)CC2)CC1. The lowest BCUT2D eigenvalue weighted by Crippen LogP contribution is -2.44. The van der Waals surface area contributed by atoms with Crippen molar-refractivity contribution in [2.45, 2.75) is 140 Å². The average molecular weight is 415 g/mol. The van der Waals surface area contributed by atoms with Crippen LogP contribution in [0, 0.1) is 5.92 Å². The molecule has 0 amide bonds. The van der Waals surface area contributed by atoms with Crippen molar-refractivity contribution in [1.82, 2.24) is 10.6 Å². The molecule has 0 aliphatic heterocycles. The minimum absolute atomic E-state index is 0.594. The smallest absolute Gasteiger partial charge is 0.0500 e. The summed E-state index contributed by atoms with van der Waals surface area (Å²) in [6.07, 6.45) is 20.7. The lowest BCUT2D eigenvalue weighted by atomic mass is 9.86. The molecule has 4 rings (SSSR count). The van der Waals surface area contributed by atoms with E-state index in [0.717, 1.165) is 24.0 Å². The molecule has 0 bridgehead atoms. The minimum atomic E-state index is 0.594. The number of rotatable bonds is 5. The van der Waals surface area contributed by atoms with E-state index in [4.69, 9.17) is 9.98 Å². The Morgan fingerprint density at radius 2 is 0.967 bits per heavy atom. The van der Waals surface area contributed by atoms with Crippen molar-refractivity contribution in [2.75, 3.05) is 7.05 Å². The predicted octanol–water partition coefficient (Wildman–Crippen LogP) is 5.45. The number of hydrogen-bond donors (Lipinski definition) is 2. The standard InChI is InChI=1S/C26H46N4/c1-19-3-5-21(6-4-19)28-23-11-13-25(14-12-23)30-26-17-15-24(16-18-26)29-22-9-7-20(27-2)8-10-22/h19-22,24,26-27,29H,3-18H2,1-2H3. The summed E-state index contributed by atoms with van der Waals surface area (Å²) < 4.78 is 0. The number of nitrogens with one attached hydrogen (secondary N) is 2. The van der Waals surface area contributed by atoms with E-state index in [-0.39, 0.29) is 0 Å². The molecule has 4 heteroatoms. The van der Waals surface area contributed by atoms with E-state index in [1.807, 2.05) is 0 Å². The third-order valence-electron chi connectivity index (χ3n) is 8.42. The van der Waals surface area contributed by atoms with Crippen molar-refractivity contribution in [3.8, 4) is 0 Å². The highest BCUT2D eigenvalue weighted by Crippen LogP contribution is 2.28. The predicted molar refractivity (Wildman–Crippen MR) is 129 cm³/mol. The summed E-state index contributed by atoms with van der Waals surface area (Å²) >= 11 is 0. The van der Waals surface area contributed by atoms with Crippen molar-refractivity contribution in [3.05, 3.63) is 0 Å². The maximum absolute atomic E-state index is 5.21. The Morgan fingerprint density at radius 1 is 0.567 bits per heavy atom. The normalized spacial score (nSPS) is 38.3. The fraction of sp³-hybridized carbons (Fsp3) is 0.923. The van der Waals surface area contributed by atoms with Crippen LogP contribution in [-0.4, -0.2) is 48.7 Å². The van der Waals surface area contributed by atoms with Crippen LogP contribution in [0.2, 0.25) is 0 Å². The summed E-state index contributed by atoms with van der Waals surface area (Å²) in [6.45, 7) is 2.39. The monoisotopic (exact) mass is 414 g/mol.